The summed E-state index contributed by atoms with van der Waals surface area (Å²) in [6.45, 7) is 7.47. The highest BCUT2D eigenvalue weighted by Crippen LogP contribution is 2.37. The van der Waals surface area contributed by atoms with Gasteiger partial charge in [0.2, 0.25) is 5.88 Å². The first kappa shape index (κ1) is 16.9. The van der Waals surface area contributed by atoms with Crippen LogP contribution in [0.15, 0.2) is 24.4 Å². The molecule has 0 aliphatic carbocycles. The van der Waals surface area contributed by atoms with Crippen molar-refractivity contribution >= 4 is 16.9 Å². The minimum Gasteiger partial charge on any atom is -0.492 e. The number of likely N-dealkylation sites (tertiary alicyclic amines) is 1. The van der Waals surface area contributed by atoms with E-state index in [-0.39, 0.29) is 12.2 Å². The van der Waals surface area contributed by atoms with Crippen molar-refractivity contribution in [2.45, 2.75) is 45.3 Å². The second-order valence-corrected chi connectivity index (χ2v) is 7.82. The SMILES string of the molecule is CC(C)(C)OC(=O)N1CC[C@@H](Oc2nccc3c4c(ccc23)CCO4)C1. The maximum atomic E-state index is 12.2. The van der Waals surface area contributed by atoms with Gasteiger partial charge in [-0.15, -0.1) is 0 Å². The van der Waals surface area contributed by atoms with Crippen molar-refractivity contribution in [2.24, 2.45) is 0 Å². The lowest BCUT2D eigenvalue weighted by Crippen LogP contribution is -2.36. The first-order valence-electron chi connectivity index (χ1n) is 9.09. The number of amides is 1. The van der Waals surface area contributed by atoms with Crippen molar-refractivity contribution in [2.75, 3.05) is 19.7 Å². The zero-order chi connectivity index (χ0) is 18.3. The van der Waals surface area contributed by atoms with Crippen molar-refractivity contribution in [1.29, 1.82) is 0 Å². The highest BCUT2D eigenvalue weighted by Gasteiger charge is 2.31. The quantitative estimate of drug-likeness (QED) is 0.823. The number of ether oxygens (including phenoxy) is 3. The molecule has 1 fully saturated rings. The Bertz CT molecular complexity index is 844. The van der Waals surface area contributed by atoms with Crippen LogP contribution in [0.3, 0.4) is 0 Å². The average Bonchev–Trinajstić information content (AvgIpc) is 3.22. The number of pyridine rings is 1. The van der Waals surface area contributed by atoms with Crippen LogP contribution in [0.2, 0.25) is 0 Å². The molecule has 1 saturated heterocycles. The lowest BCUT2D eigenvalue weighted by atomic mass is 10.1. The average molecular weight is 356 g/mol. The number of nitrogens with zero attached hydrogens (tertiary/aromatic N) is 2. The lowest BCUT2D eigenvalue weighted by molar-refractivity contribution is 0.0275. The fraction of sp³-hybridized carbons (Fsp3) is 0.500. The molecule has 2 aromatic rings. The molecule has 1 atom stereocenters. The van der Waals surface area contributed by atoms with Gasteiger partial charge in [0.1, 0.15) is 17.5 Å². The summed E-state index contributed by atoms with van der Waals surface area (Å²) >= 11 is 0. The summed E-state index contributed by atoms with van der Waals surface area (Å²) in [5.41, 5.74) is 0.736. The van der Waals surface area contributed by atoms with Crippen molar-refractivity contribution < 1.29 is 19.0 Å². The molecule has 2 aliphatic heterocycles. The van der Waals surface area contributed by atoms with Gasteiger partial charge in [0.05, 0.1) is 13.2 Å². The van der Waals surface area contributed by atoms with E-state index >= 15 is 0 Å². The first-order chi connectivity index (χ1) is 12.4. The van der Waals surface area contributed by atoms with Gasteiger partial charge in [-0.1, -0.05) is 6.07 Å². The third-order valence-electron chi connectivity index (χ3n) is 4.63. The van der Waals surface area contributed by atoms with Crippen LogP contribution in [0, 0.1) is 0 Å². The van der Waals surface area contributed by atoms with E-state index in [9.17, 15) is 4.79 Å². The van der Waals surface area contributed by atoms with Gasteiger partial charge in [0, 0.05) is 36.4 Å². The van der Waals surface area contributed by atoms with Gasteiger partial charge in [0.25, 0.3) is 0 Å². The minimum absolute atomic E-state index is 0.0882. The fourth-order valence-electron chi connectivity index (χ4n) is 3.44. The normalized spacial score (nSPS) is 19.3. The highest BCUT2D eigenvalue weighted by atomic mass is 16.6. The van der Waals surface area contributed by atoms with Crippen LogP contribution in [-0.2, 0) is 11.2 Å². The van der Waals surface area contributed by atoms with E-state index in [1.807, 2.05) is 32.9 Å². The summed E-state index contributed by atoms with van der Waals surface area (Å²) in [5.74, 6) is 1.54. The summed E-state index contributed by atoms with van der Waals surface area (Å²) in [7, 11) is 0. The monoisotopic (exact) mass is 356 g/mol. The molecule has 0 unspecified atom stereocenters. The molecule has 0 radical (unpaired) electrons. The van der Waals surface area contributed by atoms with Gasteiger partial charge in [0.15, 0.2) is 0 Å². The van der Waals surface area contributed by atoms with Crippen LogP contribution >= 0.6 is 0 Å². The Hall–Kier alpha value is -2.50. The molecule has 0 saturated carbocycles. The topological polar surface area (TPSA) is 60.9 Å². The highest BCUT2D eigenvalue weighted by molar-refractivity contribution is 5.93. The molecule has 1 amide bonds. The van der Waals surface area contributed by atoms with Crippen molar-refractivity contribution in [1.82, 2.24) is 9.88 Å². The molecule has 4 rings (SSSR count). The van der Waals surface area contributed by atoms with Crippen LogP contribution in [0.25, 0.3) is 10.8 Å². The van der Waals surface area contributed by atoms with Gasteiger partial charge in [-0.05, 0) is 38.5 Å². The van der Waals surface area contributed by atoms with E-state index in [0.717, 1.165) is 36.0 Å². The molecule has 1 aromatic carbocycles. The van der Waals surface area contributed by atoms with Gasteiger partial charge in [-0.2, -0.15) is 0 Å². The summed E-state index contributed by atoms with van der Waals surface area (Å²) in [6.07, 6.45) is 3.08. The largest absolute Gasteiger partial charge is 0.492 e. The predicted octanol–water partition coefficient (Wildman–Crippen LogP) is 3.56. The maximum absolute atomic E-state index is 12.2. The molecule has 26 heavy (non-hydrogen) atoms. The van der Waals surface area contributed by atoms with Crippen LogP contribution in [-0.4, -0.2) is 47.4 Å². The molecule has 0 bridgehead atoms. The van der Waals surface area contributed by atoms with Crippen LogP contribution in [0.5, 0.6) is 11.6 Å². The molecular weight excluding hydrogens is 332 g/mol. The summed E-state index contributed by atoms with van der Waals surface area (Å²) in [4.78, 5) is 18.3. The number of fused-ring (bicyclic) bond motifs is 3. The lowest BCUT2D eigenvalue weighted by Gasteiger charge is -2.24. The summed E-state index contributed by atoms with van der Waals surface area (Å²) < 4.78 is 17.4. The molecular formula is C20H24N2O4. The summed E-state index contributed by atoms with van der Waals surface area (Å²) in [6, 6.07) is 6.10. The molecule has 3 heterocycles. The molecule has 0 N–H and O–H groups in total. The zero-order valence-corrected chi connectivity index (χ0v) is 15.4. The third-order valence-corrected chi connectivity index (χ3v) is 4.63. The predicted molar refractivity (Wildman–Crippen MR) is 97.8 cm³/mol. The van der Waals surface area contributed by atoms with E-state index in [2.05, 4.69) is 11.1 Å². The Morgan fingerprint density at radius 3 is 2.92 bits per heavy atom. The zero-order valence-electron chi connectivity index (χ0n) is 15.4. The fourth-order valence-corrected chi connectivity index (χ4v) is 3.44. The molecule has 0 spiro atoms. The van der Waals surface area contributed by atoms with Gasteiger partial charge in [-0.25, -0.2) is 9.78 Å². The number of aromatic nitrogens is 1. The molecule has 2 aliphatic rings. The summed E-state index contributed by atoms with van der Waals surface area (Å²) in [5, 5.41) is 1.98. The number of hydrogen-bond donors (Lipinski definition) is 0. The van der Waals surface area contributed by atoms with E-state index < -0.39 is 5.60 Å². The van der Waals surface area contributed by atoms with Crippen molar-refractivity contribution in [3.63, 3.8) is 0 Å². The second-order valence-electron chi connectivity index (χ2n) is 7.82. The Balaban J connectivity index is 1.50. The van der Waals surface area contributed by atoms with Gasteiger partial charge in [-0.3, -0.25) is 0 Å². The van der Waals surface area contributed by atoms with E-state index in [0.29, 0.717) is 19.0 Å². The Morgan fingerprint density at radius 1 is 1.27 bits per heavy atom. The van der Waals surface area contributed by atoms with E-state index in [4.69, 9.17) is 14.2 Å². The van der Waals surface area contributed by atoms with Crippen LogP contribution < -0.4 is 9.47 Å². The van der Waals surface area contributed by atoms with Crippen molar-refractivity contribution in [3.05, 3.63) is 30.0 Å². The minimum atomic E-state index is -0.492. The Kier molecular flexibility index (Phi) is 4.13. The van der Waals surface area contributed by atoms with E-state index in [1.54, 1.807) is 11.1 Å². The van der Waals surface area contributed by atoms with Gasteiger partial charge >= 0.3 is 6.09 Å². The standard InChI is InChI=1S/C20H24N2O4/c1-20(2,3)26-19(23)22-10-7-14(12-22)25-18-16-5-4-13-8-11-24-17(13)15(16)6-9-21-18/h4-6,9,14H,7-8,10-12H2,1-3H3/t14-/m1/s1. The third kappa shape index (κ3) is 3.28. The Labute approximate surface area is 153 Å². The number of benzene rings is 1. The number of rotatable bonds is 2. The van der Waals surface area contributed by atoms with Crippen LogP contribution in [0.4, 0.5) is 4.79 Å². The molecule has 6 heteroatoms. The van der Waals surface area contributed by atoms with Crippen molar-refractivity contribution in [3.8, 4) is 11.6 Å². The first-order valence-corrected chi connectivity index (χ1v) is 9.09. The number of hydrogen-bond acceptors (Lipinski definition) is 5. The maximum Gasteiger partial charge on any atom is 0.410 e. The second kappa shape index (κ2) is 6.34. The van der Waals surface area contributed by atoms with E-state index in [1.165, 1.54) is 5.56 Å². The van der Waals surface area contributed by atoms with Crippen LogP contribution in [0.1, 0.15) is 32.8 Å². The van der Waals surface area contributed by atoms with Gasteiger partial charge < -0.3 is 19.1 Å². The number of carbonyl (C=O) groups excluding carboxylic acids is 1. The Morgan fingerprint density at radius 2 is 2.12 bits per heavy atom. The smallest absolute Gasteiger partial charge is 0.410 e. The molecule has 6 nitrogen and oxygen atoms in total. The molecule has 138 valence electrons. The number of carbonyl (C=O) groups is 1. The molecule has 1 aromatic heterocycles.